The van der Waals surface area contributed by atoms with E-state index in [1.165, 1.54) is 0 Å². The first kappa shape index (κ1) is 11.6. The van der Waals surface area contributed by atoms with E-state index in [0.29, 0.717) is 12.1 Å². The minimum absolute atomic E-state index is 0.315. The first-order chi connectivity index (χ1) is 6.77. The van der Waals surface area contributed by atoms with Crippen LogP contribution in [0.1, 0.15) is 31.3 Å². The van der Waals surface area contributed by atoms with E-state index >= 15 is 0 Å². The zero-order valence-electron chi connectivity index (χ0n) is 8.99. The Labute approximate surface area is 89.5 Å². The quantitative estimate of drug-likeness (QED) is 0.788. The highest BCUT2D eigenvalue weighted by molar-refractivity contribution is 7.09. The van der Waals surface area contributed by atoms with Gasteiger partial charge in [0.25, 0.3) is 0 Å². The summed E-state index contributed by atoms with van der Waals surface area (Å²) in [5.41, 5.74) is 0. The Morgan fingerprint density at radius 3 is 2.93 bits per heavy atom. The van der Waals surface area contributed by atoms with Crippen molar-refractivity contribution in [2.75, 3.05) is 13.7 Å². The molecule has 4 heteroatoms. The molecule has 0 bridgehead atoms. The van der Waals surface area contributed by atoms with Gasteiger partial charge in [0.2, 0.25) is 0 Å². The van der Waals surface area contributed by atoms with E-state index in [1.54, 1.807) is 18.4 Å². The lowest BCUT2D eigenvalue weighted by Gasteiger charge is -2.20. The van der Waals surface area contributed by atoms with Gasteiger partial charge in [-0.15, -0.1) is 11.3 Å². The van der Waals surface area contributed by atoms with Gasteiger partial charge in [0, 0.05) is 24.7 Å². The number of hydrogen-bond acceptors (Lipinski definition) is 4. The number of thiazole rings is 1. The van der Waals surface area contributed by atoms with Crippen molar-refractivity contribution in [3.8, 4) is 0 Å². The van der Waals surface area contributed by atoms with Crippen molar-refractivity contribution in [3.05, 3.63) is 16.6 Å². The van der Waals surface area contributed by atoms with E-state index < -0.39 is 0 Å². The van der Waals surface area contributed by atoms with Crippen LogP contribution in [-0.4, -0.2) is 24.7 Å². The third-order valence-corrected chi connectivity index (χ3v) is 3.13. The maximum atomic E-state index is 5.13. The third-order valence-electron chi connectivity index (χ3n) is 2.17. The van der Waals surface area contributed by atoms with Crippen LogP contribution >= 0.6 is 11.3 Å². The predicted octanol–water partition coefficient (Wildman–Crippen LogP) is 2.22. The van der Waals surface area contributed by atoms with Gasteiger partial charge in [-0.05, 0) is 13.3 Å². The third kappa shape index (κ3) is 3.36. The van der Waals surface area contributed by atoms with Crippen molar-refractivity contribution in [3.63, 3.8) is 0 Å². The van der Waals surface area contributed by atoms with Crippen LogP contribution in [-0.2, 0) is 4.74 Å². The Morgan fingerprint density at radius 2 is 2.43 bits per heavy atom. The molecule has 0 aliphatic rings. The normalized spacial score (nSPS) is 15.4. The molecule has 3 nitrogen and oxygen atoms in total. The van der Waals surface area contributed by atoms with E-state index in [1.807, 2.05) is 11.6 Å². The summed E-state index contributed by atoms with van der Waals surface area (Å²) in [6.45, 7) is 5.05. The molecule has 14 heavy (non-hydrogen) atoms. The Balaban J connectivity index is 2.42. The van der Waals surface area contributed by atoms with Crippen LogP contribution in [0.15, 0.2) is 11.6 Å². The van der Waals surface area contributed by atoms with Crippen LogP contribution in [0.5, 0.6) is 0 Å². The summed E-state index contributed by atoms with van der Waals surface area (Å²) >= 11 is 1.69. The van der Waals surface area contributed by atoms with Crippen LogP contribution < -0.4 is 5.32 Å². The molecule has 1 aromatic heterocycles. The number of nitrogens with zero attached hydrogens (tertiary/aromatic N) is 1. The van der Waals surface area contributed by atoms with Gasteiger partial charge in [-0.25, -0.2) is 4.98 Å². The second kappa shape index (κ2) is 6.11. The zero-order valence-corrected chi connectivity index (χ0v) is 9.80. The van der Waals surface area contributed by atoms with Gasteiger partial charge < -0.3 is 10.1 Å². The Kier molecular flexibility index (Phi) is 5.07. The standard InChI is InChI=1S/C10H18N2OS/c1-4-9(7-13-3)12-8(2)10-11-5-6-14-10/h5-6,8-9,12H,4,7H2,1-3H3. The Bertz CT molecular complexity index is 238. The molecule has 1 N–H and O–H groups in total. The fourth-order valence-corrected chi connectivity index (χ4v) is 2.01. The lowest BCUT2D eigenvalue weighted by atomic mass is 10.2. The molecule has 1 heterocycles. The average Bonchev–Trinajstić information content (AvgIpc) is 2.69. The fraction of sp³-hybridized carbons (Fsp3) is 0.700. The van der Waals surface area contributed by atoms with E-state index in [4.69, 9.17) is 4.74 Å². The molecule has 0 aliphatic carbocycles. The van der Waals surface area contributed by atoms with Gasteiger partial charge >= 0.3 is 0 Å². The molecule has 0 aliphatic heterocycles. The summed E-state index contributed by atoms with van der Waals surface area (Å²) in [5.74, 6) is 0. The van der Waals surface area contributed by atoms with E-state index in [-0.39, 0.29) is 0 Å². The maximum absolute atomic E-state index is 5.13. The topological polar surface area (TPSA) is 34.1 Å². The molecule has 0 saturated carbocycles. The number of methoxy groups -OCH3 is 1. The lowest BCUT2D eigenvalue weighted by molar-refractivity contribution is 0.159. The monoisotopic (exact) mass is 214 g/mol. The molecule has 0 aromatic carbocycles. The second-order valence-corrected chi connectivity index (χ2v) is 4.25. The summed E-state index contributed by atoms with van der Waals surface area (Å²) in [6.07, 6.45) is 2.92. The summed E-state index contributed by atoms with van der Waals surface area (Å²) in [5, 5.41) is 6.64. The van der Waals surface area contributed by atoms with Crippen molar-refractivity contribution in [2.45, 2.75) is 32.4 Å². The first-order valence-corrected chi connectivity index (χ1v) is 5.80. The molecule has 1 rings (SSSR count). The van der Waals surface area contributed by atoms with Gasteiger partial charge in [-0.3, -0.25) is 0 Å². The second-order valence-electron chi connectivity index (χ2n) is 3.32. The van der Waals surface area contributed by atoms with Crippen LogP contribution in [0.3, 0.4) is 0 Å². The Hall–Kier alpha value is -0.450. The number of ether oxygens (including phenoxy) is 1. The van der Waals surface area contributed by atoms with E-state index in [9.17, 15) is 0 Å². The van der Waals surface area contributed by atoms with Crippen LogP contribution in [0.2, 0.25) is 0 Å². The Morgan fingerprint density at radius 1 is 1.64 bits per heavy atom. The predicted molar refractivity (Wildman–Crippen MR) is 59.6 cm³/mol. The minimum atomic E-state index is 0.315. The molecule has 0 amide bonds. The van der Waals surface area contributed by atoms with E-state index in [0.717, 1.165) is 18.0 Å². The number of aromatic nitrogens is 1. The largest absolute Gasteiger partial charge is 0.383 e. The first-order valence-electron chi connectivity index (χ1n) is 4.92. The molecule has 0 radical (unpaired) electrons. The molecular formula is C10H18N2OS. The molecule has 0 spiro atoms. The highest BCUT2D eigenvalue weighted by Crippen LogP contribution is 2.15. The summed E-state index contributed by atoms with van der Waals surface area (Å²) < 4.78 is 5.13. The SMILES string of the molecule is CCC(COC)NC(C)c1nccs1. The van der Waals surface area contributed by atoms with Gasteiger partial charge in [-0.2, -0.15) is 0 Å². The van der Waals surface area contributed by atoms with Crippen LogP contribution in [0, 0.1) is 0 Å². The molecule has 0 fully saturated rings. The molecule has 80 valence electrons. The number of nitrogens with one attached hydrogen (secondary N) is 1. The van der Waals surface area contributed by atoms with Gasteiger partial charge in [0.1, 0.15) is 5.01 Å². The van der Waals surface area contributed by atoms with Crippen LogP contribution in [0.25, 0.3) is 0 Å². The number of hydrogen-bond donors (Lipinski definition) is 1. The molecule has 2 atom stereocenters. The van der Waals surface area contributed by atoms with E-state index in [2.05, 4.69) is 24.1 Å². The summed E-state index contributed by atoms with van der Waals surface area (Å²) in [6, 6.07) is 0.731. The van der Waals surface area contributed by atoms with Crippen molar-refractivity contribution >= 4 is 11.3 Å². The minimum Gasteiger partial charge on any atom is -0.383 e. The smallest absolute Gasteiger partial charge is 0.109 e. The van der Waals surface area contributed by atoms with Gasteiger partial charge in [0.05, 0.1) is 12.6 Å². The van der Waals surface area contributed by atoms with Crippen molar-refractivity contribution < 1.29 is 4.74 Å². The summed E-state index contributed by atoms with van der Waals surface area (Å²) in [7, 11) is 1.73. The van der Waals surface area contributed by atoms with Crippen molar-refractivity contribution in [1.82, 2.24) is 10.3 Å². The average molecular weight is 214 g/mol. The van der Waals surface area contributed by atoms with Gasteiger partial charge in [-0.1, -0.05) is 6.92 Å². The maximum Gasteiger partial charge on any atom is 0.109 e. The summed E-state index contributed by atoms with van der Waals surface area (Å²) in [4.78, 5) is 4.28. The zero-order chi connectivity index (χ0) is 10.4. The molecule has 0 saturated heterocycles. The highest BCUT2D eigenvalue weighted by atomic mass is 32.1. The molecule has 2 unspecified atom stereocenters. The van der Waals surface area contributed by atoms with Gasteiger partial charge in [0.15, 0.2) is 0 Å². The number of rotatable bonds is 6. The van der Waals surface area contributed by atoms with Crippen LogP contribution in [0.4, 0.5) is 0 Å². The molecular weight excluding hydrogens is 196 g/mol. The van der Waals surface area contributed by atoms with Crippen molar-refractivity contribution in [2.24, 2.45) is 0 Å². The lowest BCUT2D eigenvalue weighted by Crippen LogP contribution is -2.34. The fourth-order valence-electron chi connectivity index (χ4n) is 1.36. The van der Waals surface area contributed by atoms with Crippen molar-refractivity contribution in [1.29, 1.82) is 0 Å². The highest BCUT2D eigenvalue weighted by Gasteiger charge is 2.12. The molecule has 1 aromatic rings.